The number of carbonyl (C=O) groups is 3. The lowest BCUT2D eigenvalue weighted by Gasteiger charge is -2.24. The fourth-order valence-corrected chi connectivity index (χ4v) is 1.96. The summed E-state index contributed by atoms with van der Waals surface area (Å²) in [5.41, 5.74) is 15.7. The smallest absolute Gasteiger partial charge is 0.326 e. The Bertz CT molecular complexity index is 464. The molecule has 138 valence electrons. The fourth-order valence-electron chi connectivity index (χ4n) is 1.96. The minimum Gasteiger partial charge on any atom is -0.480 e. The van der Waals surface area contributed by atoms with E-state index in [0.717, 1.165) is 0 Å². The van der Waals surface area contributed by atoms with Gasteiger partial charge in [0.05, 0.1) is 6.54 Å². The second-order valence-electron chi connectivity index (χ2n) is 5.48. The van der Waals surface area contributed by atoms with E-state index in [-0.39, 0.29) is 24.8 Å². The SMILES string of the molecule is CC[C@H](C)[C@H](NC(=O)[C@H](CCCN=C(N)N)NC(=O)CN)C(=O)O. The van der Waals surface area contributed by atoms with Crippen LogP contribution in [0.1, 0.15) is 33.1 Å². The van der Waals surface area contributed by atoms with Crippen LogP contribution in [-0.2, 0) is 14.4 Å². The summed E-state index contributed by atoms with van der Waals surface area (Å²) in [7, 11) is 0. The Kier molecular flexibility index (Phi) is 10.1. The Morgan fingerprint density at radius 1 is 1.21 bits per heavy atom. The molecule has 0 rings (SSSR count). The number of nitrogens with two attached hydrogens (primary N) is 3. The topological polar surface area (TPSA) is 186 Å². The van der Waals surface area contributed by atoms with Crippen LogP contribution in [0, 0.1) is 5.92 Å². The maximum atomic E-state index is 12.3. The zero-order valence-corrected chi connectivity index (χ0v) is 14.1. The number of nitrogens with one attached hydrogen (secondary N) is 2. The Morgan fingerprint density at radius 2 is 1.83 bits per heavy atom. The molecule has 0 aliphatic carbocycles. The van der Waals surface area contributed by atoms with Crippen molar-refractivity contribution in [1.82, 2.24) is 10.6 Å². The van der Waals surface area contributed by atoms with E-state index in [9.17, 15) is 19.5 Å². The van der Waals surface area contributed by atoms with Crippen LogP contribution in [0.25, 0.3) is 0 Å². The third kappa shape index (κ3) is 8.32. The van der Waals surface area contributed by atoms with Crippen molar-refractivity contribution in [2.24, 2.45) is 28.1 Å². The Balaban J connectivity index is 4.90. The molecule has 0 aliphatic rings. The summed E-state index contributed by atoms with van der Waals surface area (Å²) in [4.78, 5) is 38.9. The first-order chi connectivity index (χ1) is 11.2. The van der Waals surface area contributed by atoms with Gasteiger partial charge in [0.15, 0.2) is 5.96 Å². The maximum Gasteiger partial charge on any atom is 0.326 e. The minimum atomic E-state index is -1.12. The Morgan fingerprint density at radius 3 is 2.29 bits per heavy atom. The molecule has 2 amide bonds. The van der Waals surface area contributed by atoms with Crippen LogP contribution < -0.4 is 27.8 Å². The molecule has 0 radical (unpaired) electrons. The molecule has 0 aliphatic heterocycles. The molecule has 0 heterocycles. The van der Waals surface area contributed by atoms with E-state index in [1.54, 1.807) is 6.92 Å². The summed E-state index contributed by atoms with van der Waals surface area (Å²) in [6, 6.07) is -1.93. The Hall–Kier alpha value is -2.36. The predicted octanol–water partition coefficient (Wildman–Crippen LogP) is -1.90. The highest BCUT2D eigenvalue weighted by Crippen LogP contribution is 2.09. The molecule has 9 N–H and O–H groups in total. The number of carboxylic acid groups (broad SMARTS) is 1. The third-order valence-electron chi connectivity index (χ3n) is 3.56. The first-order valence-electron chi connectivity index (χ1n) is 7.80. The van der Waals surface area contributed by atoms with Crippen LogP contribution in [-0.4, -0.2) is 54.0 Å². The standard InChI is InChI=1S/C14H28N6O4/c1-3-8(2)11(13(23)24)20-12(22)9(19-10(21)7-15)5-4-6-18-14(16)17/h8-9,11H,3-7,15H2,1-2H3,(H,19,21)(H,20,22)(H,23,24)(H4,16,17,18)/t8-,9-,11-/m0/s1. The van der Waals surface area contributed by atoms with E-state index in [1.165, 1.54) is 0 Å². The number of carbonyl (C=O) groups excluding carboxylic acids is 2. The number of hydrogen-bond donors (Lipinski definition) is 6. The quantitative estimate of drug-likeness (QED) is 0.143. The van der Waals surface area contributed by atoms with Gasteiger partial charge < -0.3 is 32.9 Å². The van der Waals surface area contributed by atoms with Gasteiger partial charge in [0.2, 0.25) is 11.8 Å². The average Bonchev–Trinajstić information content (AvgIpc) is 2.53. The zero-order valence-electron chi connectivity index (χ0n) is 14.1. The summed E-state index contributed by atoms with van der Waals surface area (Å²) in [6.45, 7) is 3.57. The second kappa shape index (κ2) is 11.2. The van der Waals surface area contributed by atoms with Crippen molar-refractivity contribution < 1.29 is 19.5 Å². The molecular weight excluding hydrogens is 316 g/mol. The largest absolute Gasteiger partial charge is 0.480 e. The van der Waals surface area contributed by atoms with Gasteiger partial charge in [-0.15, -0.1) is 0 Å². The molecule has 0 aromatic rings. The normalized spacial score (nSPS) is 14.1. The number of aliphatic imine (C=N–C) groups is 1. The van der Waals surface area contributed by atoms with Gasteiger partial charge in [-0.1, -0.05) is 20.3 Å². The fraction of sp³-hybridized carbons (Fsp3) is 0.714. The van der Waals surface area contributed by atoms with Crippen molar-refractivity contribution >= 4 is 23.7 Å². The molecule has 0 saturated heterocycles. The molecule has 0 saturated carbocycles. The molecule has 0 fully saturated rings. The zero-order chi connectivity index (χ0) is 18.7. The molecule has 10 nitrogen and oxygen atoms in total. The van der Waals surface area contributed by atoms with Gasteiger partial charge in [0, 0.05) is 6.54 Å². The summed E-state index contributed by atoms with van der Waals surface area (Å²) in [5.74, 6) is -2.52. The highest BCUT2D eigenvalue weighted by Gasteiger charge is 2.29. The van der Waals surface area contributed by atoms with Crippen molar-refractivity contribution in [3.05, 3.63) is 0 Å². The number of nitrogens with zero attached hydrogens (tertiary/aromatic N) is 1. The minimum absolute atomic E-state index is 0.0651. The van der Waals surface area contributed by atoms with Crippen LogP contribution in [0.2, 0.25) is 0 Å². The van der Waals surface area contributed by atoms with Gasteiger partial charge in [-0.3, -0.25) is 14.6 Å². The first kappa shape index (κ1) is 21.6. The van der Waals surface area contributed by atoms with Gasteiger partial charge in [-0.05, 0) is 18.8 Å². The van der Waals surface area contributed by atoms with Gasteiger partial charge in [0.1, 0.15) is 12.1 Å². The van der Waals surface area contributed by atoms with Crippen LogP contribution in [0.5, 0.6) is 0 Å². The van der Waals surface area contributed by atoms with E-state index >= 15 is 0 Å². The van der Waals surface area contributed by atoms with Crippen LogP contribution in [0.3, 0.4) is 0 Å². The lowest BCUT2D eigenvalue weighted by molar-refractivity contribution is -0.143. The number of guanidine groups is 1. The second-order valence-corrected chi connectivity index (χ2v) is 5.48. The van der Waals surface area contributed by atoms with Gasteiger partial charge in [-0.2, -0.15) is 0 Å². The molecular formula is C14H28N6O4. The van der Waals surface area contributed by atoms with Crippen molar-refractivity contribution in [2.45, 2.75) is 45.2 Å². The summed E-state index contributed by atoms with van der Waals surface area (Å²) >= 11 is 0. The lowest BCUT2D eigenvalue weighted by atomic mass is 9.98. The summed E-state index contributed by atoms with van der Waals surface area (Å²) in [6.07, 6.45) is 1.27. The Labute approximate surface area is 141 Å². The summed E-state index contributed by atoms with van der Waals surface area (Å²) in [5, 5.41) is 14.2. The highest BCUT2D eigenvalue weighted by molar-refractivity contribution is 5.90. The summed E-state index contributed by atoms with van der Waals surface area (Å²) < 4.78 is 0. The van der Waals surface area contributed by atoms with Crippen LogP contribution >= 0.6 is 0 Å². The number of hydrogen-bond acceptors (Lipinski definition) is 5. The molecule has 0 aromatic carbocycles. The van der Waals surface area contributed by atoms with Crippen molar-refractivity contribution in [1.29, 1.82) is 0 Å². The first-order valence-corrected chi connectivity index (χ1v) is 7.80. The number of carboxylic acids is 1. The molecule has 0 bridgehead atoms. The van der Waals surface area contributed by atoms with E-state index in [1.807, 2.05) is 6.92 Å². The van der Waals surface area contributed by atoms with Gasteiger partial charge >= 0.3 is 5.97 Å². The van der Waals surface area contributed by atoms with E-state index in [2.05, 4.69) is 15.6 Å². The van der Waals surface area contributed by atoms with Crippen LogP contribution in [0.15, 0.2) is 4.99 Å². The van der Waals surface area contributed by atoms with E-state index < -0.39 is 29.9 Å². The van der Waals surface area contributed by atoms with Crippen molar-refractivity contribution in [3.63, 3.8) is 0 Å². The predicted molar refractivity (Wildman–Crippen MR) is 89.9 cm³/mol. The monoisotopic (exact) mass is 344 g/mol. The lowest BCUT2D eigenvalue weighted by Crippen LogP contribution is -2.54. The van der Waals surface area contributed by atoms with Gasteiger partial charge in [0.25, 0.3) is 0 Å². The van der Waals surface area contributed by atoms with Gasteiger partial charge in [-0.25, -0.2) is 4.79 Å². The average molecular weight is 344 g/mol. The number of amides is 2. The van der Waals surface area contributed by atoms with Crippen molar-refractivity contribution in [3.8, 4) is 0 Å². The third-order valence-corrected chi connectivity index (χ3v) is 3.56. The maximum absolute atomic E-state index is 12.3. The number of rotatable bonds is 11. The van der Waals surface area contributed by atoms with Crippen molar-refractivity contribution in [2.75, 3.05) is 13.1 Å². The molecule has 3 atom stereocenters. The molecule has 0 unspecified atom stereocenters. The molecule has 10 heteroatoms. The number of aliphatic carboxylic acids is 1. The highest BCUT2D eigenvalue weighted by atomic mass is 16.4. The molecule has 24 heavy (non-hydrogen) atoms. The van der Waals surface area contributed by atoms with E-state index in [0.29, 0.717) is 19.4 Å². The molecule has 0 spiro atoms. The molecule has 0 aromatic heterocycles. The van der Waals surface area contributed by atoms with E-state index in [4.69, 9.17) is 17.2 Å². The van der Waals surface area contributed by atoms with Crippen LogP contribution in [0.4, 0.5) is 0 Å².